The van der Waals surface area contributed by atoms with Crippen LogP contribution < -0.4 is 11.1 Å². The van der Waals surface area contributed by atoms with Gasteiger partial charge in [0, 0.05) is 37.4 Å². The van der Waals surface area contributed by atoms with Gasteiger partial charge in [-0.3, -0.25) is 15.0 Å². The number of piperidine rings is 1. The number of amides is 1. The summed E-state index contributed by atoms with van der Waals surface area (Å²) < 4.78 is 6.68. The van der Waals surface area contributed by atoms with Gasteiger partial charge in [-0.1, -0.05) is 70.3 Å². The Bertz CT molecular complexity index is 1080. The van der Waals surface area contributed by atoms with Crippen LogP contribution in [0.15, 0.2) is 12.7 Å². The molecule has 5 rings (SSSR count). The van der Waals surface area contributed by atoms with Crippen molar-refractivity contribution in [1.82, 2.24) is 15.1 Å². The van der Waals surface area contributed by atoms with Crippen molar-refractivity contribution >= 4 is 17.5 Å². The largest absolute Gasteiger partial charge is 0.377 e. The number of carbonyl (C=O) groups is 1. The Kier molecular flexibility index (Phi) is 11.7. The Balaban J connectivity index is 1.49. The Morgan fingerprint density at radius 1 is 1.09 bits per heavy atom. The molecule has 5 aliphatic rings. The van der Waals surface area contributed by atoms with Gasteiger partial charge >= 0.3 is 0 Å². The maximum atomic E-state index is 12.2. The monoisotopic (exact) mass is 644 g/mol. The molecule has 2 aliphatic heterocycles. The van der Waals surface area contributed by atoms with Gasteiger partial charge in [-0.25, -0.2) is 0 Å². The van der Waals surface area contributed by atoms with E-state index in [2.05, 4.69) is 49.5 Å². The van der Waals surface area contributed by atoms with E-state index in [-0.39, 0.29) is 46.5 Å². The molecule has 7 nitrogen and oxygen atoms in total. The van der Waals surface area contributed by atoms with Crippen molar-refractivity contribution < 1.29 is 14.6 Å². The van der Waals surface area contributed by atoms with Gasteiger partial charge in [-0.05, 0) is 83.4 Å². The average molecular weight is 645 g/mol. The van der Waals surface area contributed by atoms with Gasteiger partial charge in [0.2, 0.25) is 5.91 Å². The molecule has 5 fully saturated rings. The number of aliphatic hydroxyl groups is 1. The molecule has 8 heteroatoms. The number of nitrogens with two attached hydrogens (primary N) is 1. The summed E-state index contributed by atoms with van der Waals surface area (Å²) in [5.74, 6) is 7.66. The number of alkyl halides is 1. The van der Waals surface area contributed by atoms with Crippen LogP contribution in [0.25, 0.3) is 0 Å². The minimum absolute atomic E-state index is 0.0201. The van der Waals surface area contributed by atoms with Gasteiger partial charge in [0.25, 0.3) is 0 Å². The van der Waals surface area contributed by atoms with Crippen molar-refractivity contribution in [3.63, 3.8) is 0 Å². The predicted molar refractivity (Wildman–Crippen MR) is 183 cm³/mol. The van der Waals surface area contributed by atoms with Gasteiger partial charge in [-0.2, -0.15) is 0 Å². The molecule has 0 radical (unpaired) electrons. The first kappa shape index (κ1) is 35.2. The molecule has 8 atom stereocenters. The highest BCUT2D eigenvalue weighted by molar-refractivity contribution is 6.21. The third-order valence-corrected chi connectivity index (χ3v) is 13.1. The maximum Gasteiger partial charge on any atom is 0.245 e. The number of hydrogen-bond acceptors (Lipinski definition) is 6. The highest BCUT2D eigenvalue weighted by Crippen LogP contribution is 2.62. The number of ether oxygens (including phenoxy) is 1. The molecule has 1 amide bonds. The first-order valence-electron chi connectivity index (χ1n) is 18.3. The summed E-state index contributed by atoms with van der Waals surface area (Å²) in [6, 6.07) is -0.0928. The molecule has 45 heavy (non-hydrogen) atoms. The molecule has 2 heterocycles. The van der Waals surface area contributed by atoms with Crippen LogP contribution in [-0.2, 0) is 9.53 Å². The summed E-state index contributed by atoms with van der Waals surface area (Å²) in [4.78, 5) is 16.5. The summed E-state index contributed by atoms with van der Waals surface area (Å²) in [5.41, 5.74) is 5.67. The van der Waals surface area contributed by atoms with E-state index in [9.17, 15) is 9.90 Å². The van der Waals surface area contributed by atoms with Gasteiger partial charge in [0.15, 0.2) is 0 Å². The van der Waals surface area contributed by atoms with E-state index in [0.717, 1.165) is 57.9 Å². The number of nitrogens with zero attached hydrogens (tertiary/aromatic N) is 2. The molecule has 0 spiro atoms. The summed E-state index contributed by atoms with van der Waals surface area (Å²) in [5, 5.41) is 15.7. The maximum absolute atomic E-state index is 12.2. The molecule has 254 valence electrons. The topological polar surface area (TPSA) is 91.1 Å². The van der Waals surface area contributed by atoms with Crippen molar-refractivity contribution in [2.75, 3.05) is 26.7 Å². The quantitative estimate of drug-likeness (QED) is 0.191. The van der Waals surface area contributed by atoms with Crippen molar-refractivity contribution in [2.24, 2.45) is 23.0 Å². The van der Waals surface area contributed by atoms with Crippen molar-refractivity contribution in [1.29, 1.82) is 0 Å². The van der Waals surface area contributed by atoms with Crippen LogP contribution in [0.3, 0.4) is 0 Å². The Hall–Kier alpha value is -1.14. The number of nitrogens with one attached hydrogen (secondary N) is 1. The van der Waals surface area contributed by atoms with Gasteiger partial charge < -0.3 is 20.5 Å². The van der Waals surface area contributed by atoms with Crippen LogP contribution in [0.1, 0.15) is 117 Å². The van der Waals surface area contributed by atoms with Crippen LogP contribution in [0, 0.1) is 29.1 Å². The number of rotatable bonds is 7. The summed E-state index contributed by atoms with van der Waals surface area (Å²) in [6.07, 6.45) is 18.8. The van der Waals surface area contributed by atoms with E-state index in [1.54, 1.807) is 4.90 Å². The Morgan fingerprint density at radius 2 is 1.76 bits per heavy atom. The summed E-state index contributed by atoms with van der Waals surface area (Å²) in [6.45, 7) is 9.92. The fourth-order valence-electron chi connectivity index (χ4n) is 10.3. The fourth-order valence-corrected chi connectivity index (χ4v) is 10.8. The molecule has 2 saturated heterocycles. The van der Waals surface area contributed by atoms with Crippen molar-refractivity contribution in [3.8, 4) is 11.8 Å². The number of likely N-dealkylation sites (tertiary alicyclic amines) is 2. The SMILES string of the molecule is C=CC(=O)N1CCC(O)(C#CC2C(C3CCC(OC4CCCCC4)C(Cl)C3)C3(C(C)N)CCCCCCC3(NCC)N2C)CC1. The van der Waals surface area contributed by atoms with E-state index in [1.165, 1.54) is 44.6 Å². The molecule has 0 bridgehead atoms. The van der Waals surface area contributed by atoms with E-state index in [1.807, 2.05) is 0 Å². The van der Waals surface area contributed by atoms with Gasteiger partial charge in [-0.15, -0.1) is 11.6 Å². The van der Waals surface area contributed by atoms with Crippen molar-refractivity contribution in [3.05, 3.63) is 12.7 Å². The van der Waals surface area contributed by atoms with Crippen LogP contribution in [-0.4, -0.2) is 88.4 Å². The second kappa shape index (κ2) is 15.0. The molecule has 3 saturated carbocycles. The second-order valence-corrected chi connectivity index (χ2v) is 15.6. The number of halogens is 1. The summed E-state index contributed by atoms with van der Waals surface area (Å²) in [7, 11) is 2.26. The van der Waals surface area contributed by atoms with Crippen LogP contribution in [0.5, 0.6) is 0 Å². The molecule has 0 aromatic heterocycles. The minimum atomic E-state index is -1.11. The van der Waals surface area contributed by atoms with Crippen LogP contribution in [0.2, 0.25) is 0 Å². The van der Waals surface area contributed by atoms with E-state index in [4.69, 9.17) is 22.1 Å². The first-order chi connectivity index (χ1) is 21.6. The lowest BCUT2D eigenvalue weighted by atomic mass is 9.54. The fraction of sp³-hybridized carbons (Fsp3) is 0.865. The zero-order valence-corrected chi connectivity index (χ0v) is 29.1. The number of carbonyl (C=O) groups excluding carboxylic acids is 1. The lowest BCUT2D eigenvalue weighted by molar-refractivity contribution is -0.128. The van der Waals surface area contributed by atoms with E-state index in [0.29, 0.717) is 38.0 Å². The molecule has 4 N–H and O–H groups in total. The highest BCUT2D eigenvalue weighted by Gasteiger charge is 2.68. The normalized spacial score (nSPS) is 38.7. The third kappa shape index (κ3) is 6.90. The van der Waals surface area contributed by atoms with Gasteiger partial charge in [0.05, 0.1) is 29.3 Å². The Labute approximate surface area is 278 Å². The highest BCUT2D eigenvalue weighted by atomic mass is 35.5. The zero-order valence-electron chi connectivity index (χ0n) is 28.4. The minimum Gasteiger partial charge on any atom is -0.377 e. The van der Waals surface area contributed by atoms with E-state index < -0.39 is 5.60 Å². The van der Waals surface area contributed by atoms with E-state index >= 15 is 0 Å². The lowest BCUT2D eigenvalue weighted by Gasteiger charge is -2.56. The smallest absolute Gasteiger partial charge is 0.245 e. The molecular formula is C37H61ClN4O3. The molecule has 8 unspecified atom stereocenters. The van der Waals surface area contributed by atoms with Crippen LogP contribution >= 0.6 is 11.6 Å². The van der Waals surface area contributed by atoms with Gasteiger partial charge in [0.1, 0.15) is 5.60 Å². The molecule has 0 aromatic carbocycles. The van der Waals surface area contributed by atoms with Crippen LogP contribution in [0.4, 0.5) is 0 Å². The third-order valence-electron chi connectivity index (χ3n) is 12.6. The number of fused-ring (bicyclic) bond motifs is 1. The molecule has 3 aliphatic carbocycles. The lowest BCUT2D eigenvalue weighted by Crippen LogP contribution is -2.68. The predicted octanol–water partition coefficient (Wildman–Crippen LogP) is 5.58. The summed E-state index contributed by atoms with van der Waals surface area (Å²) >= 11 is 7.28. The Morgan fingerprint density at radius 3 is 2.38 bits per heavy atom. The molecular weight excluding hydrogens is 584 g/mol. The second-order valence-electron chi connectivity index (χ2n) is 15.1. The molecule has 0 aromatic rings. The standard InChI is InChI=1S/C37H61ClN4O3/c1-5-33(43)42-24-22-35(44,23-25-42)21-18-31-34(28-16-17-32(30(38)26-28)45-29-14-10-9-11-15-29)36(27(3)39)19-12-7-8-13-20-37(36,40-6-2)41(31)4/h5,27-32,34,40,44H,1,6-17,19-20,22-26,39H2,2-4H3. The number of hydrogen-bond donors (Lipinski definition) is 3. The average Bonchev–Trinajstić information content (AvgIpc) is 3.21. The zero-order chi connectivity index (χ0) is 32.2. The first-order valence-corrected chi connectivity index (χ1v) is 18.7. The van der Waals surface area contributed by atoms with Crippen molar-refractivity contribution in [2.45, 2.75) is 158 Å².